The van der Waals surface area contributed by atoms with Crippen LogP contribution in [-0.4, -0.2) is 25.7 Å². The first-order valence-electron chi connectivity index (χ1n) is 8.98. The van der Waals surface area contributed by atoms with E-state index < -0.39 is 5.91 Å². The van der Waals surface area contributed by atoms with E-state index in [1.165, 1.54) is 16.8 Å². The Labute approximate surface area is 159 Å². The Kier molecular flexibility index (Phi) is 3.71. The number of aryl methyl sites for hydroxylation is 1. The van der Waals surface area contributed by atoms with Gasteiger partial charge in [-0.05, 0) is 62.2 Å². The highest BCUT2D eigenvalue weighted by Gasteiger charge is 2.29. The molecule has 1 aliphatic carbocycles. The summed E-state index contributed by atoms with van der Waals surface area (Å²) in [5, 5.41) is 7.03. The van der Waals surface area contributed by atoms with E-state index in [0.717, 1.165) is 18.7 Å². The van der Waals surface area contributed by atoms with Gasteiger partial charge < -0.3 is 9.73 Å². The van der Waals surface area contributed by atoms with Crippen LogP contribution in [0.2, 0.25) is 0 Å². The van der Waals surface area contributed by atoms with Gasteiger partial charge in [0.05, 0.1) is 5.69 Å². The summed E-state index contributed by atoms with van der Waals surface area (Å²) in [6.07, 6.45) is 2.22. The minimum absolute atomic E-state index is 0.0285. The first-order chi connectivity index (χ1) is 13.6. The maximum atomic E-state index is 13.1. The number of hydrogen-bond acceptors (Lipinski definition) is 5. The zero-order valence-corrected chi connectivity index (χ0v) is 15.0. The summed E-state index contributed by atoms with van der Waals surface area (Å²) in [5.41, 5.74) is 2.63. The molecule has 0 radical (unpaired) electrons. The van der Waals surface area contributed by atoms with Gasteiger partial charge in [0, 0.05) is 11.6 Å². The van der Waals surface area contributed by atoms with Gasteiger partial charge in [-0.2, -0.15) is 0 Å². The number of amides is 1. The second kappa shape index (κ2) is 6.26. The number of rotatable bonds is 4. The minimum atomic E-state index is -0.436. The van der Waals surface area contributed by atoms with Crippen LogP contribution < -0.4 is 5.32 Å². The van der Waals surface area contributed by atoms with Crippen molar-refractivity contribution < 1.29 is 13.6 Å². The molecular weight excluding hydrogens is 361 g/mol. The number of oxazole rings is 1. The molecule has 2 aromatic heterocycles. The van der Waals surface area contributed by atoms with Gasteiger partial charge in [0.15, 0.2) is 11.5 Å². The van der Waals surface area contributed by atoms with E-state index in [0.29, 0.717) is 34.2 Å². The Bertz CT molecular complexity index is 1190. The Balaban J connectivity index is 1.38. The largest absolute Gasteiger partial charge is 0.440 e. The van der Waals surface area contributed by atoms with Gasteiger partial charge in [-0.25, -0.2) is 19.0 Å². The molecule has 2 heterocycles. The molecular formula is C20H16FN5O2. The van der Waals surface area contributed by atoms with Crippen LogP contribution in [0.25, 0.3) is 16.8 Å². The molecule has 28 heavy (non-hydrogen) atoms. The van der Waals surface area contributed by atoms with Crippen molar-refractivity contribution in [2.24, 2.45) is 0 Å². The van der Waals surface area contributed by atoms with Gasteiger partial charge >= 0.3 is 0 Å². The number of halogens is 1. The molecule has 1 amide bonds. The lowest BCUT2D eigenvalue weighted by Gasteiger charge is -2.02. The molecule has 0 bridgehead atoms. The highest BCUT2D eigenvalue weighted by molar-refractivity contribution is 6.02. The predicted octanol–water partition coefficient (Wildman–Crippen LogP) is 3.99. The van der Waals surface area contributed by atoms with Crippen LogP contribution in [0.4, 0.5) is 10.1 Å². The average Bonchev–Trinajstić information content (AvgIpc) is 3.33. The zero-order valence-electron chi connectivity index (χ0n) is 15.0. The summed E-state index contributed by atoms with van der Waals surface area (Å²) < 4.78 is 20.3. The van der Waals surface area contributed by atoms with Crippen LogP contribution in [0, 0.1) is 12.7 Å². The third-order valence-corrected chi connectivity index (χ3v) is 4.63. The normalized spacial score (nSPS) is 13.8. The lowest BCUT2D eigenvalue weighted by Crippen LogP contribution is -2.14. The molecule has 5 rings (SSSR count). The molecule has 0 spiro atoms. The summed E-state index contributed by atoms with van der Waals surface area (Å²) in [4.78, 5) is 21.3. The molecule has 7 nitrogen and oxygen atoms in total. The average molecular weight is 377 g/mol. The third-order valence-electron chi connectivity index (χ3n) is 4.63. The molecule has 140 valence electrons. The van der Waals surface area contributed by atoms with Crippen molar-refractivity contribution in [2.75, 3.05) is 5.32 Å². The Morgan fingerprint density at radius 3 is 2.71 bits per heavy atom. The first kappa shape index (κ1) is 16.6. The molecule has 0 atom stereocenters. The van der Waals surface area contributed by atoms with Gasteiger partial charge in [0.25, 0.3) is 5.91 Å². The minimum Gasteiger partial charge on any atom is -0.440 e. The number of benzene rings is 2. The van der Waals surface area contributed by atoms with Crippen molar-refractivity contribution in [1.29, 1.82) is 0 Å². The number of carbonyl (C=O) groups excluding carboxylic acids is 1. The van der Waals surface area contributed by atoms with E-state index in [2.05, 4.69) is 20.4 Å². The molecule has 0 saturated heterocycles. The second-order valence-electron chi connectivity index (χ2n) is 6.83. The zero-order chi connectivity index (χ0) is 19.3. The molecule has 1 fully saturated rings. The molecule has 1 saturated carbocycles. The standard InChI is InChI=1S/C20H16FN5O2/c1-11-22-18(25-26(11)15-7-4-13(21)5-8-15)19(27)23-14-6-9-17-16(10-14)24-20(28-17)12-2-3-12/h4-10,12H,2-3H2,1H3,(H,23,27). The molecule has 0 unspecified atom stereocenters. The second-order valence-corrected chi connectivity index (χ2v) is 6.83. The SMILES string of the molecule is Cc1nc(C(=O)Nc2ccc3oc(C4CC4)nc3c2)nn1-c1ccc(F)cc1. The van der Waals surface area contributed by atoms with Gasteiger partial charge in [-0.3, -0.25) is 4.79 Å². The number of hydrogen-bond donors (Lipinski definition) is 1. The predicted molar refractivity (Wildman–Crippen MR) is 100.0 cm³/mol. The van der Waals surface area contributed by atoms with Crippen LogP contribution >= 0.6 is 0 Å². The van der Waals surface area contributed by atoms with E-state index in [1.54, 1.807) is 37.3 Å². The van der Waals surface area contributed by atoms with Gasteiger partial charge in [-0.15, -0.1) is 5.10 Å². The maximum Gasteiger partial charge on any atom is 0.295 e. The number of fused-ring (bicyclic) bond motifs is 1. The molecule has 4 aromatic rings. The highest BCUT2D eigenvalue weighted by Crippen LogP contribution is 2.40. The van der Waals surface area contributed by atoms with Crippen molar-refractivity contribution in [3.8, 4) is 5.69 Å². The Hall–Kier alpha value is -3.55. The summed E-state index contributed by atoms with van der Waals surface area (Å²) in [6, 6.07) is 11.1. The Morgan fingerprint density at radius 1 is 1.18 bits per heavy atom. The molecule has 1 N–H and O–H groups in total. The fourth-order valence-corrected chi connectivity index (χ4v) is 3.03. The van der Waals surface area contributed by atoms with E-state index in [4.69, 9.17) is 4.42 Å². The fraction of sp³-hybridized carbons (Fsp3) is 0.200. The van der Waals surface area contributed by atoms with Gasteiger partial charge in [0.1, 0.15) is 17.2 Å². The molecule has 2 aromatic carbocycles. The molecule has 1 aliphatic rings. The van der Waals surface area contributed by atoms with E-state index in [-0.39, 0.29) is 11.6 Å². The lowest BCUT2D eigenvalue weighted by atomic mass is 10.3. The van der Waals surface area contributed by atoms with Crippen LogP contribution in [0.15, 0.2) is 46.9 Å². The summed E-state index contributed by atoms with van der Waals surface area (Å²) in [6.45, 7) is 1.73. The first-order valence-corrected chi connectivity index (χ1v) is 8.98. The van der Waals surface area contributed by atoms with Crippen molar-refractivity contribution in [3.63, 3.8) is 0 Å². The van der Waals surface area contributed by atoms with Crippen molar-refractivity contribution in [1.82, 2.24) is 19.7 Å². The van der Waals surface area contributed by atoms with E-state index in [1.807, 2.05) is 0 Å². The number of nitrogens with zero attached hydrogens (tertiary/aromatic N) is 4. The number of nitrogens with one attached hydrogen (secondary N) is 1. The smallest absolute Gasteiger partial charge is 0.295 e. The third kappa shape index (κ3) is 3.02. The topological polar surface area (TPSA) is 85.8 Å². The van der Waals surface area contributed by atoms with Gasteiger partial charge in [0.2, 0.25) is 5.82 Å². The number of carbonyl (C=O) groups is 1. The van der Waals surface area contributed by atoms with Crippen molar-refractivity contribution in [2.45, 2.75) is 25.7 Å². The summed E-state index contributed by atoms with van der Waals surface area (Å²) >= 11 is 0. The van der Waals surface area contributed by atoms with Crippen molar-refractivity contribution >= 4 is 22.7 Å². The van der Waals surface area contributed by atoms with Crippen molar-refractivity contribution in [3.05, 3.63) is 65.8 Å². The lowest BCUT2D eigenvalue weighted by molar-refractivity contribution is 0.101. The summed E-state index contributed by atoms with van der Waals surface area (Å²) in [5.74, 6) is 0.960. The molecule has 8 heteroatoms. The monoisotopic (exact) mass is 377 g/mol. The number of aromatic nitrogens is 4. The maximum absolute atomic E-state index is 13.1. The quantitative estimate of drug-likeness (QED) is 0.581. The fourth-order valence-electron chi connectivity index (χ4n) is 3.03. The Morgan fingerprint density at radius 2 is 1.96 bits per heavy atom. The van der Waals surface area contributed by atoms with Crippen LogP contribution in [0.3, 0.4) is 0 Å². The van der Waals surface area contributed by atoms with Gasteiger partial charge in [-0.1, -0.05) is 0 Å². The van der Waals surface area contributed by atoms with Crippen LogP contribution in [0.5, 0.6) is 0 Å². The number of anilines is 1. The van der Waals surface area contributed by atoms with Crippen LogP contribution in [-0.2, 0) is 0 Å². The van der Waals surface area contributed by atoms with E-state index >= 15 is 0 Å². The van der Waals surface area contributed by atoms with E-state index in [9.17, 15) is 9.18 Å². The summed E-state index contributed by atoms with van der Waals surface area (Å²) in [7, 11) is 0. The van der Waals surface area contributed by atoms with Crippen LogP contribution in [0.1, 0.15) is 41.1 Å². The highest BCUT2D eigenvalue weighted by atomic mass is 19.1. The molecule has 0 aliphatic heterocycles.